The Kier molecular flexibility index (Phi) is 2.09. The van der Waals surface area contributed by atoms with E-state index in [2.05, 4.69) is 9.88 Å². The molecule has 1 saturated heterocycles. The van der Waals surface area contributed by atoms with Crippen LogP contribution in [0.4, 0.5) is 0 Å². The molecule has 2 heterocycles. The van der Waals surface area contributed by atoms with E-state index >= 15 is 0 Å². The van der Waals surface area contributed by atoms with Crippen LogP contribution in [-0.2, 0) is 6.54 Å². The fourth-order valence-electron chi connectivity index (χ4n) is 1.47. The maximum atomic E-state index is 9.06. The second kappa shape index (κ2) is 3.12. The van der Waals surface area contributed by atoms with E-state index in [1.807, 2.05) is 13.8 Å². The lowest BCUT2D eigenvalue weighted by atomic mass is 10.2. The van der Waals surface area contributed by atoms with Gasteiger partial charge in [-0.1, -0.05) is 0 Å². The van der Waals surface area contributed by atoms with Crippen molar-refractivity contribution in [2.45, 2.75) is 26.5 Å². The molecular formula is C9H14N2O2. The van der Waals surface area contributed by atoms with Crippen LogP contribution in [0, 0.1) is 13.8 Å². The van der Waals surface area contributed by atoms with Crippen LogP contribution < -0.4 is 0 Å². The van der Waals surface area contributed by atoms with Gasteiger partial charge in [0, 0.05) is 13.1 Å². The molecule has 0 spiro atoms. The number of nitrogens with zero attached hydrogens (tertiary/aromatic N) is 2. The molecule has 1 aliphatic rings. The van der Waals surface area contributed by atoms with Crippen molar-refractivity contribution in [1.82, 2.24) is 9.88 Å². The number of β-amino-alcohol motifs (C(OH)–C–C–N with tert-alkyl or cyclic N) is 1. The van der Waals surface area contributed by atoms with E-state index in [0.29, 0.717) is 6.54 Å². The summed E-state index contributed by atoms with van der Waals surface area (Å²) in [5.74, 6) is 1.64. The van der Waals surface area contributed by atoms with Gasteiger partial charge in [0.2, 0.25) is 5.89 Å². The number of hydrogen-bond acceptors (Lipinski definition) is 4. The second-order valence-corrected chi connectivity index (χ2v) is 3.60. The number of oxazole rings is 1. The van der Waals surface area contributed by atoms with Crippen LogP contribution in [-0.4, -0.2) is 34.2 Å². The number of aliphatic hydroxyl groups is 1. The summed E-state index contributed by atoms with van der Waals surface area (Å²) in [5.41, 5.74) is 0.955. The highest BCUT2D eigenvalue weighted by Gasteiger charge is 2.25. The number of aliphatic hydroxyl groups excluding tert-OH is 1. The SMILES string of the molecule is Cc1nc(CN2CC(O)C2)oc1C. The highest BCUT2D eigenvalue weighted by atomic mass is 16.4. The molecule has 4 nitrogen and oxygen atoms in total. The molecule has 0 saturated carbocycles. The van der Waals surface area contributed by atoms with Crippen molar-refractivity contribution >= 4 is 0 Å². The van der Waals surface area contributed by atoms with Crippen molar-refractivity contribution in [1.29, 1.82) is 0 Å². The van der Waals surface area contributed by atoms with Gasteiger partial charge in [-0.3, -0.25) is 4.90 Å². The fraction of sp³-hybridized carbons (Fsp3) is 0.667. The van der Waals surface area contributed by atoms with E-state index in [1.165, 1.54) is 0 Å². The molecule has 2 rings (SSSR count). The minimum absolute atomic E-state index is 0.155. The number of likely N-dealkylation sites (tertiary alicyclic amines) is 1. The molecule has 1 aliphatic heterocycles. The van der Waals surface area contributed by atoms with Crippen LogP contribution in [0.1, 0.15) is 17.3 Å². The Morgan fingerprint density at radius 3 is 2.69 bits per heavy atom. The maximum absolute atomic E-state index is 9.06. The maximum Gasteiger partial charge on any atom is 0.208 e. The first kappa shape index (κ1) is 8.72. The van der Waals surface area contributed by atoms with Gasteiger partial charge in [0.05, 0.1) is 18.3 Å². The van der Waals surface area contributed by atoms with Crippen LogP contribution >= 0.6 is 0 Å². The van der Waals surface area contributed by atoms with E-state index in [-0.39, 0.29) is 6.10 Å². The largest absolute Gasteiger partial charge is 0.444 e. The summed E-state index contributed by atoms with van der Waals surface area (Å²) in [5, 5.41) is 9.06. The monoisotopic (exact) mass is 182 g/mol. The molecule has 0 amide bonds. The van der Waals surface area contributed by atoms with E-state index in [9.17, 15) is 0 Å². The summed E-state index contributed by atoms with van der Waals surface area (Å²) in [6, 6.07) is 0. The van der Waals surface area contributed by atoms with Gasteiger partial charge >= 0.3 is 0 Å². The highest BCUT2D eigenvalue weighted by molar-refractivity contribution is 5.05. The van der Waals surface area contributed by atoms with Crippen molar-refractivity contribution in [3.8, 4) is 0 Å². The molecule has 1 aromatic heterocycles. The lowest BCUT2D eigenvalue weighted by Crippen LogP contribution is -2.49. The predicted octanol–water partition coefficient (Wildman–Crippen LogP) is 0.468. The first-order valence-electron chi connectivity index (χ1n) is 4.48. The standard InChI is InChI=1S/C9H14N2O2/c1-6-7(2)13-9(10-6)5-11-3-8(12)4-11/h8,12H,3-5H2,1-2H3. The Labute approximate surface area is 77.2 Å². The van der Waals surface area contributed by atoms with Gasteiger partial charge in [-0.15, -0.1) is 0 Å². The Morgan fingerprint density at radius 1 is 1.54 bits per heavy atom. The summed E-state index contributed by atoms with van der Waals surface area (Å²) in [6.07, 6.45) is -0.155. The zero-order valence-electron chi connectivity index (χ0n) is 7.95. The van der Waals surface area contributed by atoms with Crippen LogP contribution in [0.5, 0.6) is 0 Å². The van der Waals surface area contributed by atoms with Crippen molar-refractivity contribution in [2.75, 3.05) is 13.1 Å². The Balaban J connectivity index is 1.95. The Hall–Kier alpha value is -0.870. The van der Waals surface area contributed by atoms with Gasteiger partial charge in [-0.25, -0.2) is 4.98 Å². The molecule has 1 N–H and O–H groups in total. The molecule has 0 unspecified atom stereocenters. The number of hydrogen-bond donors (Lipinski definition) is 1. The minimum atomic E-state index is -0.155. The van der Waals surface area contributed by atoms with Gasteiger partial charge in [0.1, 0.15) is 5.76 Å². The normalized spacial score (nSPS) is 19.0. The third-order valence-corrected chi connectivity index (χ3v) is 2.37. The lowest BCUT2D eigenvalue weighted by molar-refractivity contribution is -0.00728. The zero-order valence-corrected chi connectivity index (χ0v) is 7.95. The predicted molar refractivity (Wildman–Crippen MR) is 47.3 cm³/mol. The fourth-order valence-corrected chi connectivity index (χ4v) is 1.47. The molecule has 0 radical (unpaired) electrons. The minimum Gasteiger partial charge on any atom is -0.444 e. The van der Waals surface area contributed by atoms with E-state index in [0.717, 1.165) is 30.4 Å². The van der Waals surface area contributed by atoms with Gasteiger partial charge in [-0.2, -0.15) is 0 Å². The topological polar surface area (TPSA) is 49.5 Å². The van der Waals surface area contributed by atoms with Gasteiger partial charge in [0.25, 0.3) is 0 Å². The van der Waals surface area contributed by atoms with Crippen LogP contribution in [0.2, 0.25) is 0 Å². The molecule has 13 heavy (non-hydrogen) atoms. The van der Waals surface area contributed by atoms with E-state index < -0.39 is 0 Å². The first-order valence-corrected chi connectivity index (χ1v) is 4.48. The van der Waals surface area contributed by atoms with Crippen LogP contribution in [0.25, 0.3) is 0 Å². The smallest absolute Gasteiger partial charge is 0.208 e. The van der Waals surface area contributed by atoms with Crippen molar-refractivity contribution in [3.05, 3.63) is 17.3 Å². The third-order valence-electron chi connectivity index (χ3n) is 2.37. The highest BCUT2D eigenvalue weighted by Crippen LogP contribution is 2.14. The summed E-state index contributed by atoms with van der Waals surface area (Å²) < 4.78 is 5.42. The quantitative estimate of drug-likeness (QED) is 0.722. The Morgan fingerprint density at radius 2 is 2.23 bits per heavy atom. The van der Waals surface area contributed by atoms with Gasteiger partial charge in [0.15, 0.2) is 0 Å². The molecule has 4 heteroatoms. The average Bonchev–Trinajstić information content (AvgIpc) is 2.28. The van der Waals surface area contributed by atoms with Gasteiger partial charge in [-0.05, 0) is 13.8 Å². The zero-order chi connectivity index (χ0) is 9.42. The van der Waals surface area contributed by atoms with E-state index in [4.69, 9.17) is 9.52 Å². The molecule has 0 aliphatic carbocycles. The first-order chi connectivity index (χ1) is 6.15. The molecular weight excluding hydrogens is 168 g/mol. The van der Waals surface area contributed by atoms with Crippen molar-refractivity contribution in [2.24, 2.45) is 0 Å². The molecule has 0 atom stereocenters. The number of rotatable bonds is 2. The third kappa shape index (κ3) is 1.73. The Bertz CT molecular complexity index is 283. The molecule has 0 aromatic carbocycles. The van der Waals surface area contributed by atoms with Crippen molar-refractivity contribution < 1.29 is 9.52 Å². The molecule has 0 bridgehead atoms. The van der Waals surface area contributed by atoms with Gasteiger partial charge < -0.3 is 9.52 Å². The molecule has 72 valence electrons. The van der Waals surface area contributed by atoms with Crippen molar-refractivity contribution in [3.63, 3.8) is 0 Å². The van der Waals surface area contributed by atoms with E-state index in [1.54, 1.807) is 0 Å². The lowest BCUT2D eigenvalue weighted by Gasteiger charge is -2.34. The van der Waals surface area contributed by atoms with Crippen LogP contribution in [0.15, 0.2) is 4.42 Å². The summed E-state index contributed by atoms with van der Waals surface area (Å²) in [7, 11) is 0. The summed E-state index contributed by atoms with van der Waals surface area (Å²) in [4.78, 5) is 6.37. The number of aromatic nitrogens is 1. The molecule has 1 fully saturated rings. The second-order valence-electron chi connectivity index (χ2n) is 3.60. The summed E-state index contributed by atoms with van der Waals surface area (Å²) >= 11 is 0. The average molecular weight is 182 g/mol. The van der Waals surface area contributed by atoms with Crippen LogP contribution in [0.3, 0.4) is 0 Å². The number of aryl methyl sites for hydroxylation is 2. The molecule has 1 aromatic rings. The summed E-state index contributed by atoms with van der Waals surface area (Å²) in [6.45, 7) is 6.04.